The molecule has 0 bridgehead atoms. The summed E-state index contributed by atoms with van der Waals surface area (Å²) in [6, 6.07) is 0. The fourth-order valence-electron chi connectivity index (χ4n) is 0. The van der Waals surface area contributed by atoms with Crippen LogP contribution in [0.1, 0.15) is 0 Å². The molecule has 7 heteroatoms. The third-order valence-electron chi connectivity index (χ3n) is 0. The number of phosphoric acid groups is 1. The fourth-order valence-corrected chi connectivity index (χ4v) is 0. The minimum Gasteiger partial charge on any atom is -0.303 e. The Morgan fingerprint density at radius 1 is 1.14 bits per heavy atom. The smallest absolute Gasteiger partial charge is 0.303 e. The van der Waals surface area contributed by atoms with E-state index in [9.17, 15) is 0 Å². The third-order valence-corrected chi connectivity index (χ3v) is 0. The van der Waals surface area contributed by atoms with Gasteiger partial charge in [0.1, 0.15) is 0 Å². The van der Waals surface area contributed by atoms with Gasteiger partial charge in [0.15, 0.2) is 0 Å². The first kappa shape index (κ1) is 16.0. The summed E-state index contributed by atoms with van der Waals surface area (Å²) in [4.78, 5) is 21.6. The summed E-state index contributed by atoms with van der Waals surface area (Å²) in [7, 11) is -4.64. The van der Waals surface area contributed by atoms with Crippen LogP contribution in [0.5, 0.6) is 0 Å². The van der Waals surface area contributed by atoms with Crippen LogP contribution in [0.15, 0.2) is 0 Å². The van der Waals surface area contributed by atoms with Gasteiger partial charge in [0, 0.05) is 0 Å². The quantitative estimate of drug-likeness (QED) is 0.334. The zero-order valence-corrected chi connectivity index (χ0v) is 8.13. The summed E-state index contributed by atoms with van der Waals surface area (Å²) in [6.45, 7) is 0. The van der Waals surface area contributed by atoms with Crippen molar-refractivity contribution in [3.63, 3.8) is 0 Å². The van der Waals surface area contributed by atoms with Gasteiger partial charge in [-0.15, -0.1) is 0 Å². The summed E-state index contributed by atoms with van der Waals surface area (Å²) in [5, 5.41) is 0. The molecule has 0 fully saturated rings. The molecule has 4 nitrogen and oxygen atoms in total. The molecule has 36 valence electrons. The molecule has 4 radical (unpaired) electrons. The first-order valence-electron chi connectivity index (χ1n) is 0.783. The van der Waals surface area contributed by atoms with Crippen molar-refractivity contribution in [3.05, 3.63) is 0 Å². The molecule has 0 aromatic heterocycles. The van der Waals surface area contributed by atoms with Crippen molar-refractivity contribution in [1.82, 2.24) is 0 Å². The SMILES string of the molecule is O=P(O)(O)O.[Ca+2].[Se+2]. The molecule has 7 heavy (non-hydrogen) atoms. The predicted molar refractivity (Wildman–Crippen MR) is 25.8 cm³/mol. The first-order chi connectivity index (χ1) is 2.00. The second kappa shape index (κ2) is 6.02. The molecule has 0 saturated carbocycles. The summed E-state index contributed by atoms with van der Waals surface area (Å²) in [6.07, 6.45) is 0. The molecule has 0 aromatic carbocycles. The molecule has 0 spiro atoms. The molecule has 0 saturated heterocycles. The maximum Gasteiger partial charge on any atom is 2.00 e. The van der Waals surface area contributed by atoms with E-state index in [-0.39, 0.29) is 54.8 Å². The van der Waals surface area contributed by atoms with Crippen LogP contribution in [0.4, 0.5) is 0 Å². The maximum atomic E-state index is 8.88. The van der Waals surface area contributed by atoms with Crippen LogP contribution in [-0.4, -0.2) is 69.5 Å². The van der Waals surface area contributed by atoms with Gasteiger partial charge in [-0.05, 0) is 0 Å². The van der Waals surface area contributed by atoms with E-state index in [0.29, 0.717) is 0 Å². The zero-order valence-electron chi connectivity index (χ0n) is 3.31. The second-order valence-corrected chi connectivity index (χ2v) is 1.54. The Hall–Kier alpha value is 1.89. The van der Waals surface area contributed by atoms with E-state index in [1.165, 1.54) is 0 Å². The number of hydrogen-bond donors (Lipinski definition) is 3. The van der Waals surface area contributed by atoms with Gasteiger partial charge in [0.25, 0.3) is 0 Å². The molecule has 0 aliphatic heterocycles. The van der Waals surface area contributed by atoms with Crippen molar-refractivity contribution in [3.8, 4) is 0 Å². The molecule has 0 aliphatic carbocycles. The molecule has 0 amide bonds. The van der Waals surface area contributed by atoms with Crippen LogP contribution in [0.25, 0.3) is 0 Å². The van der Waals surface area contributed by atoms with E-state index >= 15 is 0 Å². The van der Waals surface area contributed by atoms with Gasteiger partial charge >= 0.3 is 62.6 Å². The molecule has 0 unspecified atom stereocenters. The van der Waals surface area contributed by atoms with Gasteiger partial charge in [0.2, 0.25) is 0 Å². The van der Waals surface area contributed by atoms with Crippen LogP contribution in [0, 0.1) is 0 Å². The summed E-state index contributed by atoms with van der Waals surface area (Å²) < 4.78 is 8.88. The molecular weight excluding hydrogens is 214 g/mol. The van der Waals surface area contributed by atoms with Crippen LogP contribution in [-0.2, 0) is 4.57 Å². The van der Waals surface area contributed by atoms with Crippen molar-refractivity contribution in [2.75, 3.05) is 0 Å². The summed E-state index contributed by atoms with van der Waals surface area (Å²) >= 11 is 0. The predicted octanol–water partition coefficient (Wildman–Crippen LogP) is -1.69. The summed E-state index contributed by atoms with van der Waals surface area (Å²) in [5.74, 6) is 0. The Morgan fingerprint density at radius 2 is 1.14 bits per heavy atom. The van der Waals surface area contributed by atoms with Crippen LogP contribution < -0.4 is 0 Å². The summed E-state index contributed by atoms with van der Waals surface area (Å²) in [5.41, 5.74) is 0. The van der Waals surface area contributed by atoms with Gasteiger partial charge in [-0.3, -0.25) is 0 Å². The topological polar surface area (TPSA) is 77.8 Å². The van der Waals surface area contributed by atoms with Gasteiger partial charge in [-0.2, -0.15) is 0 Å². The van der Waals surface area contributed by atoms with Gasteiger partial charge in [-0.1, -0.05) is 0 Å². The van der Waals surface area contributed by atoms with Crippen molar-refractivity contribution < 1.29 is 19.2 Å². The maximum absolute atomic E-state index is 8.88. The molecule has 0 aliphatic rings. The molecule has 0 aromatic rings. The molecule has 0 heterocycles. The minimum atomic E-state index is -4.64. The second-order valence-electron chi connectivity index (χ2n) is 0.513. The monoisotopic (exact) mass is 218 g/mol. The normalized spacial score (nSPS) is 8.43. The van der Waals surface area contributed by atoms with Gasteiger partial charge < -0.3 is 14.7 Å². The molecule has 0 rings (SSSR count). The average Bonchev–Trinajstić information content (AvgIpc) is 0.722. The zero-order chi connectivity index (χ0) is 4.50. The van der Waals surface area contributed by atoms with Crippen molar-refractivity contribution >= 4 is 62.6 Å². The van der Waals surface area contributed by atoms with Crippen LogP contribution in [0.2, 0.25) is 0 Å². The number of rotatable bonds is 0. The van der Waals surface area contributed by atoms with Crippen molar-refractivity contribution in [2.24, 2.45) is 0 Å². The van der Waals surface area contributed by atoms with Gasteiger partial charge in [0.05, 0.1) is 0 Å². The first-order valence-corrected chi connectivity index (χ1v) is 2.35. The van der Waals surface area contributed by atoms with E-state index in [1.807, 2.05) is 0 Å². The van der Waals surface area contributed by atoms with E-state index < -0.39 is 7.82 Å². The third kappa shape index (κ3) is 76.7. The van der Waals surface area contributed by atoms with E-state index in [1.54, 1.807) is 0 Å². The largest absolute Gasteiger partial charge is 2.00 e. The Labute approximate surface area is 81.0 Å². The Balaban J connectivity index is -0.0000000800. The van der Waals surface area contributed by atoms with Crippen molar-refractivity contribution in [1.29, 1.82) is 0 Å². The minimum absolute atomic E-state index is 0. The number of hydrogen-bond acceptors (Lipinski definition) is 1. The van der Waals surface area contributed by atoms with E-state index in [2.05, 4.69) is 0 Å². The standard InChI is InChI=1S/Ca.H3O4P.Se/c;1-5(2,3)4;/h;(H3,1,2,3,4);/q+2;;+2. The fraction of sp³-hybridized carbons (Fsp3) is 0. The van der Waals surface area contributed by atoms with Crippen LogP contribution >= 0.6 is 7.82 Å². The van der Waals surface area contributed by atoms with E-state index in [4.69, 9.17) is 19.2 Å². The van der Waals surface area contributed by atoms with Gasteiger partial charge in [-0.25, -0.2) is 4.57 Å². The molecular formula is H3CaO4PSe+4. The van der Waals surface area contributed by atoms with E-state index in [0.717, 1.165) is 0 Å². The van der Waals surface area contributed by atoms with Crippen molar-refractivity contribution in [2.45, 2.75) is 0 Å². The molecule has 0 atom stereocenters. The van der Waals surface area contributed by atoms with Crippen LogP contribution in [0.3, 0.4) is 0 Å². The molecule has 3 N–H and O–H groups in total. The Bertz CT molecular complexity index is 57.8. The Morgan fingerprint density at radius 3 is 1.14 bits per heavy atom. The Kier molecular flexibility index (Phi) is 13.7. The average molecular weight is 217 g/mol.